The molecule has 23 heavy (non-hydrogen) atoms. The Hall–Kier alpha value is -2.15. The second kappa shape index (κ2) is 5.49. The van der Waals surface area contributed by atoms with E-state index in [4.69, 9.17) is 4.98 Å². The topological polar surface area (TPSA) is 12.9 Å². The standard InChI is InChI=1S/C22H23N/c1-3-13-22(15-16(22)2)19-12-11-17-8-4-5-9-18(17)21(19)20-10-6-7-14-23-20/h3-11,13-14,16,19H,12,15H2,1-2H3. The van der Waals surface area contributed by atoms with Crippen LogP contribution in [0.5, 0.6) is 0 Å². The summed E-state index contributed by atoms with van der Waals surface area (Å²) in [5.74, 6) is 1.28. The van der Waals surface area contributed by atoms with E-state index < -0.39 is 0 Å². The fraction of sp³-hybridized carbons (Fsp3) is 0.318. The van der Waals surface area contributed by atoms with Crippen molar-refractivity contribution in [1.29, 1.82) is 0 Å². The summed E-state index contributed by atoms with van der Waals surface area (Å²) in [4.78, 5) is 4.70. The minimum Gasteiger partial charge on any atom is -0.257 e. The minimum absolute atomic E-state index is 0.311. The number of rotatable bonds is 3. The average Bonchev–Trinajstić information content (AvgIpc) is 3.25. The third kappa shape index (κ3) is 2.26. The van der Waals surface area contributed by atoms with Crippen LogP contribution >= 0.6 is 0 Å². The van der Waals surface area contributed by atoms with Gasteiger partial charge in [0, 0.05) is 6.20 Å². The van der Waals surface area contributed by atoms with Crippen molar-refractivity contribution < 1.29 is 0 Å². The van der Waals surface area contributed by atoms with Gasteiger partial charge in [-0.25, -0.2) is 0 Å². The molecule has 0 N–H and O–H groups in total. The molecule has 0 amide bonds. The Morgan fingerprint density at radius 3 is 2.61 bits per heavy atom. The molecule has 0 bridgehead atoms. The molecule has 2 aliphatic carbocycles. The lowest BCUT2D eigenvalue weighted by Gasteiger charge is -2.29. The molecule has 3 atom stereocenters. The number of fused-ring (bicyclic) bond motifs is 1. The Morgan fingerprint density at radius 2 is 1.91 bits per heavy atom. The SMILES string of the molecule is CC=CC1(C2CC=c3ccccc3=C2c2ccccn2)CC1C. The van der Waals surface area contributed by atoms with Gasteiger partial charge in [0.05, 0.1) is 5.69 Å². The minimum atomic E-state index is 0.311. The maximum atomic E-state index is 4.70. The Bertz CT molecular complexity index is 862. The lowest BCUT2D eigenvalue weighted by atomic mass is 9.74. The lowest BCUT2D eigenvalue weighted by Crippen LogP contribution is -2.36. The zero-order valence-electron chi connectivity index (χ0n) is 13.9. The summed E-state index contributed by atoms with van der Waals surface area (Å²) in [6, 6.07) is 15.0. The molecule has 0 aliphatic heterocycles. The normalized spacial score (nSPS) is 29.2. The van der Waals surface area contributed by atoms with E-state index in [9.17, 15) is 0 Å². The molecule has 1 saturated carbocycles. The van der Waals surface area contributed by atoms with Crippen molar-refractivity contribution in [2.75, 3.05) is 0 Å². The number of pyridine rings is 1. The van der Waals surface area contributed by atoms with Gasteiger partial charge < -0.3 is 0 Å². The molecular weight excluding hydrogens is 278 g/mol. The van der Waals surface area contributed by atoms with Crippen molar-refractivity contribution in [2.45, 2.75) is 26.7 Å². The maximum Gasteiger partial charge on any atom is 0.0671 e. The summed E-state index contributed by atoms with van der Waals surface area (Å²) in [6.45, 7) is 4.53. The molecule has 1 fully saturated rings. The van der Waals surface area contributed by atoms with Gasteiger partial charge in [0.1, 0.15) is 0 Å². The van der Waals surface area contributed by atoms with Crippen molar-refractivity contribution >= 4 is 11.6 Å². The Labute approximate surface area is 138 Å². The van der Waals surface area contributed by atoms with Gasteiger partial charge in [0.15, 0.2) is 0 Å². The van der Waals surface area contributed by atoms with Gasteiger partial charge in [-0.1, -0.05) is 55.5 Å². The van der Waals surface area contributed by atoms with Gasteiger partial charge in [-0.15, -0.1) is 0 Å². The second-order valence-electron chi connectivity index (χ2n) is 6.93. The van der Waals surface area contributed by atoms with Crippen LogP contribution in [0.2, 0.25) is 0 Å². The smallest absolute Gasteiger partial charge is 0.0671 e. The number of allylic oxidation sites excluding steroid dienone is 2. The first-order valence-electron chi connectivity index (χ1n) is 8.61. The van der Waals surface area contributed by atoms with Gasteiger partial charge >= 0.3 is 0 Å². The van der Waals surface area contributed by atoms with Gasteiger partial charge in [0.2, 0.25) is 0 Å². The summed E-state index contributed by atoms with van der Waals surface area (Å²) in [6.07, 6.45) is 11.4. The predicted octanol–water partition coefficient (Wildman–Crippen LogP) is 3.68. The Morgan fingerprint density at radius 1 is 1.13 bits per heavy atom. The molecule has 1 heterocycles. The number of hydrogen-bond donors (Lipinski definition) is 0. The van der Waals surface area contributed by atoms with Crippen LogP contribution < -0.4 is 10.4 Å². The van der Waals surface area contributed by atoms with Gasteiger partial charge in [0.25, 0.3) is 0 Å². The van der Waals surface area contributed by atoms with Crippen LogP contribution in [0, 0.1) is 17.3 Å². The molecule has 2 aromatic rings. The van der Waals surface area contributed by atoms with Gasteiger partial charge in [-0.05, 0) is 65.2 Å². The van der Waals surface area contributed by atoms with Crippen LogP contribution in [0.4, 0.5) is 0 Å². The number of aromatic nitrogens is 1. The van der Waals surface area contributed by atoms with E-state index >= 15 is 0 Å². The fourth-order valence-electron chi connectivity index (χ4n) is 4.41. The Balaban J connectivity index is 1.98. The van der Waals surface area contributed by atoms with E-state index in [0.717, 1.165) is 18.0 Å². The highest BCUT2D eigenvalue weighted by Crippen LogP contribution is 2.62. The molecule has 1 aromatic heterocycles. The number of hydrogen-bond acceptors (Lipinski definition) is 1. The zero-order chi connectivity index (χ0) is 15.9. The van der Waals surface area contributed by atoms with E-state index in [0.29, 0.717) is 11.3 Å². The van der Waals surface area contributed by atoms with E-state index in [1.807, 2.05) is 12.3 Å². The van der Waals surface area contributed by atoms with Crippen molar-refractivity contribution in [3.8, 4) is 0 Å². The molecule has 0 spiro atoms. The molecule has 116 valence electrons. The van der Waals surface area contributed by atoms with E-state index in [2.05, 4.69) is 68.5 Å². The maximum absolute atomic E-state index is 4.70. The van der Waals surface area contributed by atoms with Gasteiger partial charge in [-0.3, -0.25) is 4.98 Å². The molecule has 1 heteroatoms. The first-order valence-corrected chi connectivity index (χ1v) is 8.61. The van der Waals surface area contributed by atoms with Crippen LogP contribution in [-0.2, 0) is 0 Å². The van der Waals surface area contributed by atoms with Crippen LogP contribution in [-0.4, -0.2) is 4.98 Å². The second-order valence-corrected chi connectivity index (χ2v) is 6.93. The van der Waals surface area contributed by atoms with Crippen molar-refractivity contribution in [3.05, 3.63) is 76.9 Å². The van der Waals surface area contributed by atoms with Crippen molar-refractivity contribution in [3.63, 3.8) is 0 Å². The van der Waals surface area contributed by atoms with Crippen LogP contribution in [0.15, 0.2) is 60.8 Å². The average molecular weight is 301 g/mol. The largest absolute Gasteiger partial charge is 0.257 e. The monoisotopic (exact) mass is 301 g/mol. The van der Waals surface area contributed by atoms with E-state index in [1.165, 1.54) is 22.4 Å². The molecule has 0 radical (unpaired) electrons. The summed E-state index contributed by atoms with van der Waals surface area (Å²) >= 11 is 0. The number of benzene rings is 1. The predicted molar refractivity (Wildman–Crippen MR) is 96.0 cm³/mol. The highest BCUT2D eigenvalue weighted by Gasteiger charge is 2.55. The quantitative estimate of drug-likeness (QED) is 0.788. The van der Waals surface area contributed by atoms with Crippen LogP contribution in [0.3, 0.4) is 0 Å². The zero-order valence-corrected chi connectivity index (χ0v) is 13.9. The third-order valence-corrected chi connectivity index (χ3v) is 5.66. The molecule has 2 aliphatic rings. The molecule has 3 unspecified atom stereocenters. The van der Waals surface area contributed by atoms with Crippen molar-refractivity contribution in [1.82, 2.24) is 4.98 Å². The van der Waals surface area contributed by atoms with Crippen LogP contribution in [0.1, 0.15) is 32.4 Å². The third-order valence-electron chi connectivity index (χ3n) is 5.66. The Kier molecular flexibility index (Phi) is 3.45. The summed E-state index contributed by atoms with van der Waals surface area (Å²) in [7, 11) is 0. The molecule has 0 saturated heterocycles. The highest BCUT2D eigenvalue weighted by molar-refractivity contribution is 5.69. The molecule has 1 nitrogen and oxygen atoms in total. The van der Waals surface area contributed by atoms with Crippen LogP contribution in [0.25, 0.3) is 11.6 Å². The molecule has 1 aromatic carbocycles. The number of nitrogens with zero attached hydrogens (tertiary/aromatic N) is 1. The fourth-order valence-corrected chi connectivity index (χ4v) is 4.41. The lowest BCUT2D eigenvalue weighted by molar-refractivity contribution is 0.443. The summed E-state index contributed by atoms with van der Waals surface area (Å²) < 4.78 is 0. The molecular formula is C22H23N. The van der Waals surface area contributed by atoms with Crippen molar-refractivity contribution in [2.24, 2.45) is 17.3 Å². The van der Waals surface area contributed by atoms with E-state index in [1.54, 1.807) is 0 Å². The highest BCUT2D eigenvalue weighted by atomic mass is 14.7. The molecule has 4 rings (SSSR count). The first kappa shape index (κ1) is 14.4. The van der Waals surface area contributed by atoms with Gasteiger partial charge in [-0.2, -0.15) is 0 Å². The summed E-state index contributed by atoms with van der Waals surface area (Å²) in [5, 5.41) is 2.72. The van der Waals surface area contributed by atoms with E-state index in [-0.39, 0.29) is 0 Å². The first-order chi connectivity index (χ1) is 11.3. The summed E-state index contributed by atoms with van der Waals surface area (Å²) in [5.41, 5.74) is 2.89.